The fraction of sp³-hybridized carbons (Fsp3) is 0.0476. The van der Waals surface area contributed by atoms with E-state index in [9.17, 15) is 9.59 Å². The van der Waals surface area contributed by atoms with Crippen LogP contribution >= 0.6 is 0 Å². The first kappa shape index (κ1) is 15.7. The highest BCUT2D eigenvalue weighted by Gasteiger charge is 2.13. The number of esters is 1. The number of carbonyl (C=O) groups is 2. The van der Waals surface area contributed by atoms with Gasteiger partial charge in [0.05, 0.1) is 5.56 Å². The van der Waals surface area contributed by atoms with Crippen molar-refractivity contribution in [2.75, 3.05) is 0 Å². The first-order valence-electron chi connectivity index (χ1n) is 7.65. The van der Waals surface area contributed by atoms with Gasteiger partial charge in [0.15, 0.2) is 5.78 Å². The maximum Gasteiger partial charge on any atom is 0.338 e. The van der Waals surface area contributed by atoms with Gasteiger partial charge in [0.2, 0.25) is 0 Å². The molecule has 0 amide bonds. The Balaban J connectivity index is 1.73. The SMILES string of the molecule is O=C(OCc1ccccc1)c1cccc(C(=O)c2ccccc2)c1. The molecule has 0 atom stereocenters. The first-order valence-corrected chi connectivity index (χ1v) is 7.65. The van der Waals surface area contributed by atoms with Crippen LogP contribution in [0.15, 0.2) is 84.9 Å². The van der Waals surface area contributed by atoms with Gasteiger partial charge in [-0.1, -0.05) is 72.8 Å². The van der Waals surface area contributed by atoms with E-state index in [1.807, 2.05) is 48.5 Å². The molecule has 24 heavy (non-hydrogen) atoms. The van der Waals surface area contributed by atoms with Crippen LogP contribution in [0.3, 0.4) is 0 Å². The monoisotopic (exact) mass is 316 g/mol. The molecule has 0 aliphatic rings. The van der Waals surface area contributed by atoms with E-state index in [1.54, 1.807) is 36.4 Å². The molecular formula is C21H16O3. The van der Waals surface area contributed by atoms with Gasteiger partial charge >= 0.3 is 5.97 Å². The molecule has 3 rings (SSSR count). The number of rotatable bonds is 5. The van der Waals surface area contributed by atoms with Crippen LogP contribution in [0.2, 0.25) is 0 Å². The summed E-state index contributed by atoms with van der Waals surface area (Å²) < 4.78 is 5.30. The lowest BCUT2D eigenvalue weighted by atomic mass is 10.0. The number of benzene rings is 3. The van der Waals surface area contributed by atoms with Gasteiger partial charge in [-0.2, -0.15) is 0 Å². The maximum absolute atomic E-state index is 12.4. The van der Waals surface area contributed by atoms with E-state index in [0.717, 1.165) is 5.56 Å². The van der Waals surface area contributed by atoms with Crippen LogP contribution in [-0.2, 0) is 11.3 Å². The minimum absolute atomic E-state index is 0.117. The Kier molecular flexibility index (Phi) is 4.82. The molecule has 0 saturated heterocycles. The highest BCUT2D eigenvalue weighted by Crippen LogP contribution is 2.13. The Bertz CT molecular complexity index is 839. The van der Waals surface area contributed by atoms with Gasteiger partial charge in [0.25, 0.3) is 0 Å². The summed E-state index contributed by atoms with van der Waals surface area (Å²) in [7, 11) is 0. The smallest absolute Gasteiger partial charge is 0.338 e. The summed E-state index contributed by atoms with van der Waals surface area (Å²) in [5.74, 6) is -0.560. The Labute approximate surface area is 140 Å². The molecule has 0 saturated carbocycles. The van der Waals surface area contributed by atoms with Gasteiger partial charge in [0, 0.05) is 11.1 Å². The predicted octanol–water partition coefficient (Wildman–Crippen LogP) is 4.27. The number of hydrogen-bond acceptors (Lipinski definition) is 3. The molecule has 3 heteroatoms. The third kappa shape index (κ3) is 3.76. The van der Waals surface area contributed by atoms with Crippen molar-refractivity contribution in [3.8, 4) is 0 Å². The van der Waals surface area contributed by atoms with E-state index >= 15 is 0 Å². The van der Waals surface area contributed by atoms with Crippen molar-refractivity contribution in [1.29, 1.82) is 0 Å². The highest BCUT2D eigenvalue weighted by atomic mass is 16.5. The molecule has 0 unspecified atom stereocenters. The molecule has 0 radical (unpaired) electrons. The summed E-state index contributed by atoms with van der Waals surface area (Å²) in [5, 5.41) is 0. The Morgan fingerprint density at radius 2 is 1.25 bits per heavy atom. The van der Waals surface area contributed by atoms with Crippen molar-refractivity contribution in [2.45, 2.75) is 6.61 Å². The predicted molar refractivity (Wildman–Crippen MR) is 91.9 cm³/mol. The molecule has 118 valence electrons. The average molecular weight is 316 g/mol. The lowest BCUT2D eigenvalue weighted by Crippen LogP contribution is -2.08. The number of hydrogen-bond donors (Lipinski definition) is 0. The quantitative estimate of drug-likeness (QED) is 0.521. The molecule has 3 nitrogen and oxygen atoms in total. The van der Waals surface area contributed by atoms with Crippen LogP contribution in [0.25, 0.3) is 0 Å². The van der Waals surface area contributed by atoms with Crippen molar-refractivity contribution in [2.24, 2.45) is 0 Å². The van der Waals surface area contributed by atoms with Crippen molar-refractivity contribution >= 4 is 11.8 Å². The topological polar surface area (TPSA) is 43.4 Å². The summed E-state index contributed by atoms with van der Waals surface area (Å²) >= 11 is 0. The average Bonchev–Trinajstić information content (AvgIpc) is 2.67. The summed E-state index contributed by atoms with van der Waals surface area (Å²) in [6.07, 6.45) is 0. The van der Waals surface area contributed by atoms with Crippen molar-refractivity contribution in [1.82, 2.24) is 0 Å². The number of ether oxygens (including phenoxy) is 1. The van der Waals surface area contributed by atoms with Gasteiger partial charge in [0.1, 0.15) is 6.61 Å². The second-order valence-corrected chi connectivity index (χ2v) is 5.34. The molecule has 0 heterocycles. The molecule has 0 aliphatic carbocycles. The van der Waals surface area contributed by atoms with Crippen LogP contribution in [0.1, 0.15) is 31.8 Å². The normalized spacial score (nSPS) is 10.2. The zero-order valence-corrected chi connectivity index (χ0v) is 13.0. The molecule has 0 aliphatic heterocycles. The molecule has 0 aromatic heterocycles. The van der Waals surface area contributed by atoms with Crippen LogP contribution in [-0.4, -0.2) is 11.8 Å². The molecule has 3 aromatic rings. The fourth-order valence-corrected chi connectivity index (χ4v) is 2.35. The van der Waals surface area contributed by atoms with Crippen LogP contribution in [0.5, 0.6) is 0 Å². The minimum Gasteiger partial charge on any atom is -0.457 e. The number of carbonyl (C=O) groups excluding carboxylic acids is 2. The molecular weight excluding hydrogens is 300 g/mol. The van der Waals surface area contributed by atoms with Gasteiger partial charge < -0.3 is 4.74 Å². The Morgan fingerprint density at radius 1 is 0.667 bits per heavy atom. The van der Waals surface area contributed by atoms with Crippen LogP contribution in [0.4, 0.5) is 0 Å². The van der Waals surface area contributed by atoms with Gasteiger partial charge in [-0.25, -0.2) is 4.79 Å². The molecule has 0 bridgehead atoms. The van der Waals surface area contributed by atoms with Gasteiger partial charge in [-0.05, 0) is 17.7 Å². The largest absolute Gasteiger partial charge is 0.457 e. The number of ketones is 1. The lowest BCUT2D eigenvalue weighted by molar-refractivity contribution is 0.0472. The Morgan fingerprint density at radius 3 is 1.96 bits per heavy atom. The summed E-state index contributed by atoms with van der Waals surface area (Å²) in [6.45, 7) is 0.205. The van der Waals surface area contributed by atoms with Gasteiger partial charge in [-0.3, -0.25) is 4.79 Å². The third-order valence-corrected chi connectivity index (χ3v) is 3.61. The van der Waals surface area contributed by atoms with E-state index < -0.39 is 5.97 Å². The molecule has 0 fully saturated rings. The zero-order valence-electron chi connectivity index (χ0n) is 13.0. The second kappa shape index (κ2) is 7.38. The van der Waals surface area contributed by atoms with Crippen molar-refractivity contribution in [3.63, 3.8) is 0 Å². The van der Waals surface area contributed by atoms with E-state index in [1.165, 1.54) is 0 Å². The van der Waals surface area contributed by atoms with E-state index in [0.29, 0.717) is 16.7 Å². The van der Waals surface area contributed by atoms with Crippen LogP contribution in [0, 0.1) is 0 Å². The van der Waals surface area contributed by atoms with Crippen LogP contribution < -0.4 is 0 Å². The van der Waals surface area contributed by atoms with E-state index in [4.69, 9.17) is 4.74 Å². The van der Waals surface area contributed by atoms with E-state index in [2.05, 4.69) is 0 Å². The Hall–Kier alpha value is -3.20. The highest BCUT2D eigenvalue weighted by molar-refractivity contribution is 6.09. The minimum atomic E-state index is -0.443. The summed E-state index contributed by atoms with van der Waals surface area (Å²) in [6, 6.07) is 25.1. The molecule has 3 aromatic carbocycles. The maximum atomic E-state index is 12.4. The molecule has 0 spiro atoms. The molecule has 0 N–H and O–H groups in total. The standard InChI is InChI=1S/C21H16O3/c22-20(17-10-5-2-6-11-17)18-12-7-13-19(14-18)21(23)24-15-16-8-3-1-4-9-16/h1-14H,15H2. The second-order valence-electron chi connectivity index (χ2n) is 5.34. The van der Waals surface area contributed by atoms with Crippen molar-refractivity contribution in [3.05, 3.63) is 107 Å². The summed E-state index contributed by atoms with van der Waals surface area (Å²) in [5.41, 5.74) is 2.35. The zero-order chi connectivity index (χ0) is 16.8. The first-order chi connectivity index (χ1) is 11.7. The van der Waals surface area contributed by atoms with Gasteiger partial charge in [-0.15, -0.1) is 0 Å². The summed E-state index contributed by atoms with van der Waals surface area (Å²) in [4.78, 5) is 24.6. The lowest BCUT2D eigenvalue weighted by Gasteiger charge is -2.07. The van der Waals surface area contributed by atoms with Crippen molar-refractivity contribution < 1.29 is 14.3 Å². The van der Waals surface area contributed by atoms with E-state index in [-0.39, 0.29) is 12.4 Å². The third-order valence-electron chi connectivity index (χ3n) is 3.61. The fourth-order valence-electron chi connectivity index (χ4n) is 2.35.